The maximum absolute atomic E-state index is 12.1. The zero-order valence-corrected chi connectivity index (χ0v) is 13.6. The number of carbonyl (C=O) groups excluding carboxylic acids is 2. The van der Waals surface area contributed by atoms with Gasteiger partial charge in [-0.05, 0) is 50.2 Å². The van der Waals surface area contributed by atoms with Crippen LogP contribution in [-0.4, -0.2) is 24.1 Å². The Morgan fingerprint density at radius 2 is 1.17 bits per heavy atom. The lowest BCUT2D eigenvalue weighted by atomic mass is 10.2. The minimum Gasteiger partial charge on any atom is -0.455 e. The summed E-state index contributed by atoms with van der Waals surface area (Å²) in [5, 5.41) is 0. The molecule has 0 aliphatic carbocycles. The predicted molar refractivity (Wildman–Crippen MR) is 91.5 cm³/mol. The van der Waals surface area contributed by atoms with Crippen LogP contribution in [0, 0.1) is 0 Å². The number of anilines is 2. The predicted octanol–water partition coefficient (Wildman–Crippen LogP) is 2.64. The number of carbonyl (C=O) groups is 2. The van der Waals surface area contributed by atoms with Crippen LogP contribution in [0.15, 0.2) is 48.5 Å². The molecule has 2 aromatic rings. The second-order valence-corrected chi connectivity index (χ2v) is 5.47. The zero-order valence-electron chi connectivity index (χ0n) is 13.6. The highest BCUT2D eigenvalue weighted by Gasteiger charge is 2.22. The molecule has 2 aromatic carbocycles. The Morgan fingerprint density at radius 3 is 1.50 bits per heavy atom. The van der Waals surface area contributed by atoms with Gasteiger partial charge in [0.25, 0.3) is 0 Å². The molecule has 0 aliphatic heterocycles. The van der Waals surface area contributed by atoms with E-state index in [9.17, 15) is 9.59 Å². The molecule has 0 saturated carbocycles. The van der Waals surface area contributed by atoms with Crippen molar-refractivity contribution in [3.63, 3.8) is 0 Å². The number of nitrogens with two attached hydrogens (primary N) is 2. The van der Waals surface area contributed by atoms with E-state index in [-0.39, 0.29) is 0 Å². The molecule has 0 aromatic heterocycles. The summed E-state index contributed by atoms with van der Waals surface area (Å²) in [7, 11) is 0. The normalized spacial score (nSPS) is 12.9. The van der Waals surface area contributed by atoms with E-state index in [1.807, 2.05) is 0 Å². The van der Waals surface area contributed by atoms with Crippen molar-refractivity contribution in [1.29, 1.82) is 0 Å². The summed E-state index contributed by atoms with van der Waals surface area (Å²) in [6.07, 6.45) is -1.24. The number of esters is 2. The Kier molecular flexibility index (Phi) is 5.42. The first-order valence-corrected chi connectivity index (χ1v) is 7.50. The Bertz CT molecular complexity index is 682. The van der Waals surface area contributed by atoms with E-state index in [4.69, 9.17) is 20.9 Å². The van der Waals surface area contributed by atoms with Crippen molar-refractivity contribution in [2.45, 2.75) is 26.1 Å². The van der Waals surface area contributed by atoms with Gasteiger partial charge in [-0.15, -0.1) is 0 Å². The molecule has 0 heterocycles. The standard InChI is InChI=1S/C18H20N2O4/c1-11(23-17(21)13-5-3-7-15(19)9-13)12(2)24-18(22)14-6-4-8-16(20)10-14/h3-12H,19-20H2,1-2H3. The van der Waals surface area contributed by atoms with E-state index < -0.39 is 24.1 Å². The van der Waals surface area contributed by atoms with Gasteiger partial charge in [-0.25, -0.2) is 9.59 Å². The van der Waals surface area contributed by atoms with E-state index in [2.05, 4.69) is 0 Å². The van der Waals surface area contributed by atoms with Gasteiger partial charge >= 0.3 is 11.9 Å². The maximum atomic E-state index is 12.1. The third kappa shape index (κ3) is 4.49. The molecule has 6 nitrogen and oxygen atoms in total. The van der Waals surface area contributed by atoms with Crippen LogP contribution < -0.4 is 11.5 Å². The van der Waals surface area contributed by atoms with Crippen LogP contribution in [0.5, 0.6) is 0 Å². The van der Waals surface area contributed by atoms with Crippen LogP contribution >= 0.6 is 0 Å². The van der Waals surface area contributed by atoms with Gasteiger partial charge in [0.2, 0.25) is 0 Å². The fraction of sp³-hybridized carbons (Fsp3) is 0.222. The van der Waals surface area contributed by atoms with E-state index >= 15 is 0 Å². The Hall–Kier alpha value is -3.02. The van der Waals surface area contributed by atoms with Crippen LogP contribution in [0.4, 0.5) is 11.4 Å². The second-order valence-electron chi connectivity index (χ2n) is 5.47. The molecular weight excluding hydrogens is 308 g/mol. The van der Waals surface area contributed by atoms with Gasteiger partial charge in [-0.3, -0.25) is 0 Å². The molecule has 2 unspecified atom stereocenters. The van der Waals surface area contributed by atoms with Crippen LogP contribution in [-0.2, 0) is 9.47 Å². The molecule has 0 saturated heterocycles. The van der Waals surface area contributed by atoms with Gasteiger partial charge in [0.15, 0.2) is 0 Å². The number of rotatable bonds is 5. The number of nitrogen functional groups attached to an aromatic ring is 2. The van der Waals surface area contributed by atoms with Crippen molar-refractivity contribution in [3.05, 3.63) is 59.7 Å². The van der Waals surface area contributed by atoms with Crippen molar-refractivity contribution in [2.24, 2.45) is 0 Å². The van der Waals surface area contributed by atoms with Crippen LogP contribution in [0.25, 0.3) is 0 Å². The summed E-state index contributed by atoms with van der Waals surface area (Å²) in [6.45, 7) is 3.31. The van der Waals surface area contributed by atoms with Gasteiger partial charge in [0.1, 0.15) is 12.2 Å². The van der Waals surface area contributed by atoms with Crippen LogP contribution in [0.3, 0.4) is 0 Å². The lowest BCUT2D eigenvalue weighted by Gasteiger charge is -2.21. The smallest absolute Gasteiger partial charge is 0.338 e. The lowest BCUT2D eigenvalue weighted by Crippen LogP contribution is -2.30. The summed E-state index contributed by atoms with van der Waals surface area (Å²) >= 11 is 0. The van der Waals surface area contributed by atoms with Crippen molar-refractivity contribution in [1.82, 2.24) is 0 Å². The van der Waals surface area contributed by atoms with Crippen molar-refractivity contribution < 1.29 is 19.1 Å². The summed E-state index contributed by atoms with van der Waals surface area (Å²) in [6, 6.07) is 13.0. The fourth-order valence-corrected chi connectivity index (χ4v) is 2.00. The van der Waals surface area contributed by atoms with Crippen molar-refractivity contribution in [2.75, 3.05) is 11.5 Å². The minimum atomic E-state index is -0.621. The summed E-state index contributed by atoms with van der Waals surface area (Å²) < 4.78 is 10.6. The molecule has 0 amide bonds. The largest absolute Gasteiger partial charge is 0.455 e. The van der Waals surface area contributed by atoms with Crippen molar-refractivity contribution >= 4 is 23.3 Å². The molecule has 0 fully saturated rings. The first-order chi connectivity index (χ1) is 11.4. The van der Waals surface area contributed by atoms with Crippen molar-refractivity contribution in [3.8, 4) is 0 Å². The summed E-state index contributed by atoms with van der Waals surface area (Å²) in [5.41, 5.74) is 12.9. The Morgan fingerprint density at radius 1 is 0.792 bits per heavy atom. The minimum absolute atomic E-state index is 0.344. The Labute approximate surface area is 140 Å². The topological polar surface area (TPSA) is 105 Å². The van der Waals surface area contributed by atoms with Gasteiger partial charge in [0, 0.05) is 11.4 Å². The second kappa shape index (κ2) is 7.50. The zero-order chi connectivity index (χ0) is 17.7. The van der Waals surface area contributed by atoms with E-state index in [1.54, 1.807) is 50.2 Å². The lowest BCUT2D eigenvalue weighted by molar-refractivity contribution is -0.0239. The molecular formula is C18H20N2O4. The van der Waals surface area contributed by atoms with Crippen LogP contribution in [0.1, 0.15) is 34.6 Å². The number of benzene rings is 2. The van der Waals surface area contributed by atoms with E-state index in [0.717, 1.165) is 0 Å². The fourth-order valence-electron chi connectivity index (χ4n) is 2.00. The molecule has 0 spiro atoms. The monoisotopic (exact) mass is 328 g/mol. The highest BCUT2D eigenvalue weighted by atomic mass is 16.6. The molecule has 2 rings (SSSR count). The average molecular weight is 328 g/mol. The quantitative estimate of drug-likeness (QED) is 0.646. The van der Waals surface area contributed by atoms with Gasteiger partial charge in [-0.1, -0.05) is 12.1 Å². The molecule has 6 heteroatoms. The third-order valence-corrected chi connectivity index (χ3v) is 3.49. The third-order valence-electron chi connectivity index (χ3n) is 3.49. The molecule has 126 valence electrons. The SMILES string of the molecule is CC(OC(=O)c1cccc(N)c1)C(C)OC(=O)c1cccc(N)c1. The average Bonchev–Trinajstić information content (AvgIpc) is 2.54. The van der Waals surface area contributed by atoms with Gasteiger partial charge in [0.05, 0.1) is 11.1 Å². The van der Waals surface area contributed by atoms with E-state index in [0.29, 0.717) is 22.5 Å². The number of ether oxygens (including phenoxy) is 2. The number of hydrogen-bond acceptors (Lipinski definition) is 6. The highest BCUT2D eigenvalue weighted by Crippen LogP contribution is 2.14. The molecule has 4 N–H and O–H groups in total. The molecule has 0 aliphatic rings. The molecule has 24 heavy (non-hydrogen) atoms. The molecule has 0 radical (unpaired) electrons. The van der Waals surface area contributed by atoms with Gasteiger partial charge in [-0.2, -0.15) is 0 Å². The maximum Gasteiger partial charge on any atom is 0.338 e. The summed E-state index contributed by atoms with van der Waals surface area (Å²) in [5.74, 6) is -1.05. The Balaban J connectivity index is 1.95. The first-order valence-electron chi connectivity index (χ1n) is 7.50. The van der Waals surface area contributed by atoms with Gasteiger partial charge < -0.3 is 20.9 Å². The number of hydrogen-bond donors (Lipinski definition) is 2. The van der Waals surface area contributed by atoms with Crippen LogP contribution in [0.2, 0.25) is 0 Å². The molecule has 2 atom stereocenters. The summed E-state index contributed by atoms with van der Waals surface area (Å²) in [4.78, 5) is 24.2. The molecule has 0 bridgehead atoms. The first kappa shape index (κ1) is 17.3. The van der Waals surface area contributed by atoms with E-state index in [1.165, 1.54) is 12.1 Å². The highest BCUT2D eigenvalue weighted by molar-refractivity contribution is 5.91.